The van der Waals surface area contributed by atoms with Crippen LogP contribution in [0.2, 0.25) is 0 Å². The van der Waals surface area contributed by atoms with Gasteiger partial charge in [-0.05, 0) is 89.9 Å². The van der Waals surface area contributed by atoms with Gasteiger partial charge >= 0.3 is 0 Å². The standard InChI is InChI=1S/C30H29FIN3O3/c1-2-37-27-17-21(16-25(32)28(27)38-19-20-9-8-12-23(31)15-20)18-33-35-29(22-10-4-3-5-11-22)34-26-14-7-6-13-24(26)30(35)36/h6-9,12-18,22H,2-5,10-11,19H2,1H3. The minimum atomic E-state index is -0.302. The number of aromatic nitrogens is 2. The van der Waals surface area contributed by atoms with Crippen LogP contribution in [0.1, 0.15) is 61.9 Å². The van der Waals surface area contributed by atoms with E-state index in [1.165, 1.54) is 23.2 Å². The maximum atomic E-state index is 13.6. The zero-order chi connectivity index (χ0) is 26.5. The second-order valence-electron chi connectivity index (χ2n) is 9.37. The molecule has 1 aliphatic rings. The van der Waals surface area contributed by atoms with E-state index >= 15 is 0 Å². The number of fused-ring (bicyclic) bond motifs is 1. The van der Waals surface area contributed by atoms with Gasteiger partial charge in [-0.3, -0.25) is 4.79 Å². The van der Waals surface area contributed by atoms with Gasteiger partial charge in [0.05, 0.1) is 27.3 Å². The maximum absolute atomic E-state index is 13.6. The third-order valence-corrected chi connectivity index (χ3v) is 7.48. The molecule has 8 heteroatoms. The monoisotopic (exact) mass is 625 g/mol. The summed E-state index contributed by atoms with van der Waals surface area (Å²) in [5.41, 5.74) is 2.04. The van der Waals surface area contributed by atoms with Gasteiger partial charge in [0, 0.05) is 5.92 Å². The molecule has 1 saturated carbocycles. The zero-order valence-electron chi connectivity index (χ0n) is 21.2. The molecule has 0 N–H and O–H groups in total. The molecule has 1 aliphatic carbocycles. The molecule has 0 bridgehead atoms. The van der Waals surface area contributed by atoms with Crippen molar-refractivity contribution in [3.05, 3.63) is 97.4 Å². The van der Waals surface area contributed by atoms with Crippen molar-refractivity contribution in [2.45, 2.75) is 51.6 Å². The Labute approximate surface area is 234 Å². The fraction of sp³-hybridized carbons (Fsp3) is 0.300. The summed E-state index contributed by atoms with van der Waals surface area (Å²) in [7, 11) is 0. The summed E-state index contributed by atoms with van der Waals surface area (Å²) in [6.07, 6.45) is 7.15. The van der Waals surface area contributed by atoms with Crippen LogP contribution < -0.4 is 15.0 Å². The lowest BCUT2D eigenvalue weighted by Crippen LogP contribution is -2.25. The first-order chi connectivity index (χ1) is 18.5. The number of ether oxygens (including phenoxy) is 2. The summed E-state index contributed by atoms with van der Waals surface area (Å²) >= 11 is 2.19. The van der Waals surface area contributed by atoms with Crippen LogP contribution in [0.3, 0.4) is 0 Å². The summed E-state index contributed by atoms with van der Waals surface area (Å²) in [6.45, 7) is 2.57. The van der Waals surface area contributed by atoms with Crippen molar-refractivity contribution >= 4 is 39.7 Å². The first-order valence-corrected chi connectivity index (χ1v) is 14.0. The Bertz CT molecular complexity index is 1530. The van der Waals surface area contributed by atoms with E-state index in [4.69, 9.17) is 14.5 Å². The SMILES string of the molecule is CCOc1cc(C=Nn2c(C3CCCCC3)nc3ccccc3c2=O)cc(I)c1OCc1cccc(F)c1. The lowest BCUT2D eigenvalue weighted by molar-refractivity contribution is 0.267. The summed E-state index contributed by atoms with van der Waals surface area (Å²) in [6, 6.07) is 17.5. The van der Waals surface area contributed by atoms with E-state index in [0.29, 0.717) is 29.0 Å². The molecule has 0 amide bonds. The molecule has 4 aromatic rings. The van der Waals surface area contributed by atoms with Crippen molar-refractivity contribution in [1.29, 1.82) is 0 Å². The van der Waals surface area contributed by atoms with Crippen LogP contribution in [-0.4, -0.2) is 22.5 Å². The number of para-hydroxylation sites is 1. The molecule has 0 aliphatic heterocycles. The molecule has 0 spiro atoms. The summed E-state index contributed by atoms with van der Waals surface area (Å²) in [5, 5.41) is 5.20. The summed E-state index contributed by atoms with van der Waals surface area (Å²) in [5.74, 6) is 1.77. The van der Waals surface area contributed by atoms with Gasteiger partial charge in [-0.2, -0.15) is 9.78 Å². The van der Waals surface area contributed by atoms with E-state index in [2.05, 4.69) is 27.7 Å². The van der Waals surface area contributed by atoms with Crippen molar-refractivity contribution in [3.63, 3.8) is 0 Å². The van der Waals surface area contributed by atoms with Crippen molar-refractivity contribution in [2.75, 3.05) is 6.61 Å². The molecule has 5 rings (SSSR count). The van der Waals surface area contributed by atoms with Gasteiger partial charge in [0.1, 0.15) is 18.2 Å². The van der Waals surface area contributed by atoms with Gasteiger partial charge in [0.25, 0.3) is 5.56 Å². The zero-order valence-corrected chi connectivity index (χ0v) is 23.4. The normalized spacial score (nSPS) is 14.3. The lowest BCUT2D eigenvalue weighted by atomic mass is 9.88. The maximum Gasteiger partial charge on any atom is 0.282 e. The molecular formula is C30H29FIN3O3. The van der Waals surface area contributed by atoms with Crippen LogP contribution in [0.25, 0.3) is 10.9 Å². The van der Waals surface area contributed by atoms with Crippen LogP contribution >= 0.6 is 22.6 Å². The number of benzene rings is 3. The first-order valence-electron chi connectivity index (χ1n) is 12.9. The van der Waals surface area contributed by atoms with E-state index in [9.17, 15) is 9.18 Å². The predicted octanol–water partition coefficient (Wildman–Crippen LogP) is 7.05. The van der Waals surface area contributed by atoms with Crippen LogP contribution in [0, 0.1) is 9.39 Å². The van der Waals surface area contributed by atoms with Gasteiger partial charge in [-0.25, -0.2) is 9.37 Å². The highest BCUT2D eigenvalue weighted by atomic mass is 127. The minimum Gasteiger partial charge on any atom is -0.490 e. The largest absolute Gasteiger partial charge is 0.490 e. The molecule has 196 valence electrons. The van der Waals surface area contributed by atoms with Crippen molar-refractivity contribution < 1.29 is 13.9 Å². The molecule has 1 heterocycles. The Morgan fingerprint density at radius 2 is 1.89 bits per heavy atom. The molecule has 1 fully saturated rings. The molecule has 1 aromatic heterocycles. The Morgan fingerprint density at radius 3 is 2.68 bits per heavy atom. The van der Waals surface area contributed by atoms with Gasteiger partial charge in [0.15, 0.2) is 11.5 Å². The highest BCUT2D eigenvalue weighted by molar-refractivity contribution is 14.1. The number of nitrogens with zero attached hydrogens (tertiary/aromatic N) is 3. The van der Waals surface area contributed by atoms with E-state index < -0.39 is 0 Å². The smallest absolute Gasteiger partial charge is 0.282 e. The second kappa shape index (κ2) is 12.1. The molecule has 0 radical (unpaired) electrons. The minimum absolute atomic E-state index is 0.165. The molecule has 6 nitrogen and oxygen atoms in total. The van der Waals surface area contributed by atoms with Gasteiger partial charge in [-0.1, -0.05) is 43.5 Å². The number of halogens is 2. The fourth-order valence-corrected chi connectivity index (χ4v) is 5.63. The Morgan fingerprint density at radius 1 is 1.08 bits per heavy atom. The van der Waals surface area contributed by atoms with Crippen LogP contribution in [0.5, 0.6) is 11.5 Å². The van der Waals surface area contributed by atoms with Crippen molar-refractivity contribution in [2.24, 2.45) is 5.10 Å². The van der Waals surface area contributed by atoms with E-state index in [1.807, 2.05) is 43.3 Å². The summed E-state index contributed by atoms with van der Waals surface area (Å²) in [4.78, 5) is 18.4. The van der Waals surface area contributed by atoms with Gasteiger partial charge < -0.3 is 9.47 Å². The Hall–Kier alpha value is -3.27. The highest BCUT2D eigenvalue weighted by Crippen LogP contribution is 2.35. The molecule has 3 aromatic carbocycles. The third kappa shape index (κ3) is 5.90. The van der Waals surface area contributed by atoms with Crippen LogP contribution in [0.15, 0.2) is 70.6 Å². The van der Waals surface area contributed by atoms with E-state index in [1.54, 1.807) is 18.3 Å². The quantitative estimate of drug-likeness (QED) is 0.156. The van der Waals surface area contributed by atoms with Crippen LogP contribution in [-0.2, 0) is 6.61 Å². The third-order valence-electron chi connectivity index (χ3n) is 6.68. The van der Waals surface area contributed by atoms with E-state index in [0.717, 1.165) is 46.2 Å². The highest BCUT2D eigenvalue weighted by Gasteiger charge is 2.22. The molecular weight excluding hydrogens is 596 g/mol. The molecule has 0 unspecified atom stereocenters. The van der Waals surface area contributed by atoms with Crippen molar-refractivity contribution in [3.8, 4) is 11.5 Å². The molecule has 38 heavy (non-hydrogen) atoms. The van der Waals surface area contributed by atoms with Gasteiger partial charge in [-0.15, -0.1) is 0 Å². The Balaban J connectivity index is 1.49. The average Bonchev–Trinajstić information content (AvgIpc) is 2.93. The van der Waals surface area contributed by atoms with Crippen LogP contribution in [0.4, 0.5) is 4.39 Å². The second-order valence-corrected chi connectivity index (χ2v) is 10.5. The van der Waals surface area contributed by atoms with E-state index in [-0.39, 0.29) is 23.9 Å². The topological polar surface area (TPSA) is 65.7 Å². The first kappa shape index (κ1) is 26.3. The van der Waals surface area contributed by atoms with Crippen molar-refractivity contribution in [1.82, 2.24) is 9.66 Å². The molecule has 0 saturated heterocycles. The fourth-order valence-electron chi connectivity index (χ4n) is 4.85. The average molecular weight is 625 g/mol. The van der Waals surface area contributed by atoms with Gasteiger partial charge in [0.2, 0.25) is 0 Å². The number of hydrogen-bond acceptors (Lipinski definition) is 5. The lowest BCUT2D eigenvalue weighted by Gasteiger charge is -2.22. The summed E-state index contributed by atoms with van der Waals surface area (Å²) < 4.78 is 27.8. The Kier molecular flexibility index (Phi) is 8.36. The number of hydrogen-bond donors (Lipinski definition) is 0. The number of rotatable bonds is 8. The predicted molar refractivity (Wildman–Crippen MR) is 156 cm³/mol. The molecule has 0 atom stereocenters.